The summed E-state index contributed by atoms with van der Waals surface area (Å²) < 4.78 is 0. The molecule has 0 spiro atoms. The largest absolute Gasteiger partial charge is 0.312 e. The summed E-state index contributed by atoms with van der Waals surface area (Å²) in [6, 6.07) is 4.00. The number of aromatic nitrogens is 1. The molecule has 1 N–H and O–H groups in total. The highest BCUT2D eigenvalue weighted by atomic mass is 14.6. The number of hydrogen-bond acceptors (Lipinski definition) is 2. The third-order valence-corrected chi connectivity index (χ3v) is 2.68. The zero-order chi connectivity index (χ0) is 10.9. The Morgan fingerprint density at radius 2 is 2.27 bits per heavy atom. The van der Waals surface area contributed by atoms with Crippen LogP contribution in [0.4, 0.5) is 0 Å². The highest BCUT2D eigenvalue weighted by Crippen LogP contribution is 2.19. The zero-order valence-corrected chi connectivity index (χ0v) is 9.45. The molecule has 15 heavy (non-hydrogen) atoms. The van der Waals surface area contributed by atoms with E-state index in [1.165, 1.54) is 31.2 Å². The summed E-state index contributed by atoms with van der Waals surface area (Å²) in [6.07, 6.45) is 11.3. The maximum absolute atomic E-state index is 7.42. The predicted octanol–water partition coefficient (Wildman–Crippen LogP) is 3.79. The smallest absolute Gasteiger partial charge is 0.0306 e. The van der Waals surface area contributed by atoms with Gasteiger partial charge >= 0.3 is 0 Å². The van der Waals surface area contributed by atoms with E-state index in [9.17, 15) is 0 Å². The molecule has 1 heterocycles. The Kier molecular flexibility index (Phi) is 5.67. The summed E-state index contributed by atoms with van der Waals surface area (Å²) in [7, 11) is 0. The van der Waals surface area contributed by atoms with Crippen LogP contribution >= 0.6 is 0 Å². The van der Waals surface area contributed by atoms with E-state index in [0.29, 0.717) is 0 Å². The molecule has 1 aromatic rings. The number of unbranched alkanes of at least 4 members (excludes halogenated alkanes) is 3. The van der Waals surface area contributed by atoms with Crippen molar-refractivity contribution in [3.05, 3.63) is 30.1 Å². The lowest BCUT2D eigenvalue weighted by Gasteiger charge is -2.10. The fourth-order valence-electron chi connectivity index (χ4n) is 1.73. The first-order valence-corrected chi connectivity index (χ1v) is 5.79. The van der Waals surface area contributed by atoms with Gasteiger partial charge in [0.05, 0.1) is 0 Å². The van der Waals surface area contributed by atoms with Crippen molar-refractivity contribution in [3.63, 3.8) is 0 Å². The number of hydrogen-bond donors (Lipinski definition) is 1. The number of nitrogens with zero attached hydrogens (tertiary/aromatic N) is 1. The Balaban J connectivity index is 2.39. The quantitative estimate of drug-likeness (QED) is 0.532. The highest BCUT2D eigenvalue weighted by Gasteiger charge is 2.07. The van der Waals surface area contributed by atoms with Crippen LogP contribution in [0, 0.1) is 5.41 Å². The van der Waals surface area contributed by atoms with Crippen LogP contribution in [0.1, 0.15) is 50.5 Å². The molecule has 1 unspecified atom stereocenters. The summed E-state index contributed by atoms with van der Waals surface area (Å²) in [6.45, 7) is 2.22. The van der Waals surface area contributed by atoms with Crippen LogP contribution in [0.5, 0.6) is 0 Å². The maximum Gasteiger partial charge on any atom is 0.0306 e. The van der Waals surface area contributed by atoms with Crippen LogP contribution < -0.4 is 0 Å². The third-order valence-electron chi connectivity index (χ3n) is 2.68. The Labute approximate surface area is 92.3 Å². The van der Waals surface area contributed by atoms with Crippen LogP contribution in [-0.4, -0.2) is 11.2 Å². The van der Waals surface area contributed by atoms with E-state index in [-0.39, 0.29) is 5.92 Å². The lowest BCUT2D eigenvalue weighted by atomic mass is 9.95. The molecule has 0 fully saturated rings. The molecule has 82 valence electrons. The SMILES string of the molecule is CCCCCCC(C=N)c1cccnc1. The van der Waals surface area contributed by atoms with Gasteiger partial charge in [-0.2, -0.15) is 0 Å². The number of nitrogens with one attached hydrogen (secondary N) is 1. The van der Waals surface area contributed by atoms with Crippen molar-refractivity contribution >= 4 is 6.21 Å². The second-order valence-corrected chi connectivity index (χ2v) is 3.91. The van der Waals surface area contributed by atoms with Gasteiger partial charge in [0, 0.05) is 24.5 Å². The van der Waals surface area contributed by atoms with Gasteiger partial charge < -0.3 is 5.41 Å². The standard InChI is InChI=1S/C13H20N2/c1-2-3-4-5-7-12(10-14)13-8-6-9-15-11-13/h6,8-12,14H,2-5,7H2,1H3. The molecule has 2 nitrogen and oxygen atoms in total. The van der Waals surface area contributed by atoms with Crippen LogP contribution in [0.25, 0.3) is 0 Å². The molecular formula is C13H20N2. The highest BCUT2D eigenvalue weighted by molar-refractivity contribution is 5.64. The predicted molar refractivity (Wildman–Crippen MR) is 64.5 cm³/mol. The van der Waals surface area contributed by atoms with Gasteiger partial charge in [0.25, 0.3) is 0 Å². The van der Waals surface area contributed by atoms with Crippen molar-refractivity contribution in [2.75, 3.05) is 0 Å². The molecule has 2 heteroatoms. The lowest BCUT2D eigenvalue weighted by Crippen LogP contribution is -2.00. The summed E-state index contributed by atoms with van der Waals surface area (Å²) in [5.74, 6) is 0.260. The molecule has 0 aliphatic carbocycles. The molecule has 1 aromatic heterocycles. The Morgan fingerprint density at radius 1 is 1.40 bits per heavy atom. The molecular weight excluding hydrogens is 184 g/mol. The summed E-state index contributed by atoms with van der Waals surface area (Å²) in [5.41, 5.74) is 1.17. The van der Waals surface area contributed by atoms with Gasteiger partial charge in [0.15, 0.2) is 0 Å². The molecule has 0 bridgehead atoms. The normalized spacial score (nSPS) is 12.3. The van der Waals surface area contributed by atoms with E-state index in [1.54, 1.807) is 12.4 Å². The summed E-state index contributed by atoms with van der Waals surface area (Å²) in [4.78, 5) is 4.09. The van der Waals surface area contributed by atoms with Crippen molar-refractivity contribution in [1.82, 2.24) is 4.98 Å². The van der Waals surface area contributed by atoms with Crippen LogP contribution in [0.3, 0.4) is 0 Å². The van der Waals surface area contributed by atoms with Crippen molar-refractivity contribution in [2.45, 2.75) is 44.9 Å². The van der Waals surface area contributed by atoms with Crippen LogP contribution in [0.15, 0.2) is 24.5 Å². The summed E-state index contributed by atoms with van der Waals surface area (Å²) in [5, 5.41) is 7.42. The fourth-order valence-corrected chi connectivity index (χ4v) is 1.73. The molecule has 0 radical (unpaired) electrons. The van der Waals surface area contributed by atoms with Gasteiger partial charge in [-0.15, -0.1) is 0 Å². The Morgan fingerprint density at radius 3 is 2.87 bits per heavy atom. The molecule has 1 atom stereocenters. The van der Waals surface area contributed by atoms with Crippen LogP contribution in [0.2, 0.25) is 0 Å². The van der Waals surface area contributed by atoms with Gasteiger partial charge in [-0.25, -0.2) is 0 Å². The van der Waals surface area contributed by atoms with Crippen molar-refractivity contribution < 1.29 is 0 Å². The molecule has 0 saturated carbocycles. The first-order chi connectivity index (χ1) is 7.38. The summed E-state index contributed by atoms with van der Waals surface area (Å²) >= 11 is 0. The molecule has 0 amide bonds. The van der Waals surface area contributed by atoms with Crippen molar-refractivity contribution in [1.29, 1.82) is 5.41 Å². The zero-order valence-electron chi connectivity index (χ0n) is 9.45. The van der Waals surface area contributed by atoms with E-state index >= 15 is 0 Å². The van der Waals surface area contributed by atoms with E-state index < -0.39 is 0 Å². The maximum atomic E-state index is 7.42. The third kappa shape index (κ3) is 4.24. The number of rotatable bonds is 7. The number of pyridine rings is 1. The van der Waals surface area contributed by atoms with E-state index in [1.807, 2.05) is 12.3 Å². The van der Waals surface area contributed by atoms with Gasteiger partial charge in [-0.05, 0) is 18.1 Å². The molecule has 0 saturated heterocycles. The first kappa shape index (κ1) is 11.9. The monoisotopic (exact) mass is 204 g/mol. The average Bonchev–Trinajstić information content (AvgIpc) is 2.30. The fraction of sp³-hybridized carbons (Fsp3) is 0.538. The molecule has 0 aromatic carbocycles. The minimum Gasteiger partial charge on any atom is -0.312 e. The minimum absolute atomic E-state index is 0.260. The van der Waals surface area contributed by atoms with Crippen molar-refractivity contribution in [2.24, 2.45) is 0 Å². The van der Waals surface area contributed by atoms with Gasteiger partial charge in [-0.1, -0.05) is 38.7 Å². The van der Waals surface area contributed by atoms with Crippen LogP contribution in [-0.2, 0) is 0 Å². The average molecular weight is 204 g/mol. The molecule has 0 aliphatic heterocycles. The minimum atomic E-state index is 0.260. The molecule has 1 rings (SSSR count). The van der Waals surface area contributed by atoms with E-state index in [4.69, 9.17) is 5.41 Å². The second kappa shape index (κ2) is 7.16. The van der Waals surface area contributed by atoms with Crippen molar-refractivity contribution in [3.8, 4) is 0 Å². The van der Waals surface area contributed by atoms with E-state index in [0.717, 1.165) is 6.42 Å². The van der Waals surface area contributed by atoms with Gasteiger partial charge in [-0.3, -0.25) is 4.98 Å². The molecule has 0 aliphatic rings. The topological polar surface area (TPSA) is 36.7 Å². The Hall–Kier alpha value is -1.18. The Bertz CT molecular complexity index is 269. The van der Waals surface area contributed by atoms with Gasteiger partial charge in [0.2, 0.25) is 0 Å². The lowest BCUT2D eigenvalue weighted by molar-refractivity contribution is 0.617. The first-order valence-electron chi connectivity index (χ1n) is 5.79. The van der Waals surface area contributed by atoms with Gasteiger partial charge in [0.1, 0.15) is 0 Å². The second-order valence-electron chi connectivity index (χ2n) is 3.91. The van der Waals surface area contributed by atoms with E-state index in [2.05, 4.69) is 18.0 Å².